The monoisotopic (exact) mass is 416 g/mol. The van der Waals surface area contributed by atoms with Crippen LogP contribution in [0.5, 0.6) is 5.75 Å². The quantitative estimate of drug-likeness (QED) is 0.431. The van der Waals surface area contributed by atoms with Crippen LogP contribution < -0.4 is 4.74 Å². The molecular formula is C22H28N2O4S. The number of benzene rings is 1. The molecule has 0 spiro atoms. The van der Waals surface area contributed by atoms with Gasteiger partial charge in [0, 0.05) is 24.5 Å². The molecule has 2 aromatic rings. The average molecular weight is 417 g/mol. The smallest absolute Gasteiger partial charge is 0.307 e. The maximum atomic E-state index is 12.5. The van der Waals surface area contributed by atoms with E-state index in [4.69, 9.17) is 4.74 Å². The summed E-state index contributed by atoms with van der Waals surface area (Å²) in [6, 6.07) is 7.53. The molecule has 0 bridgehead atoms. The third-order valence-corrected chi connectivity index (χ3v) is 4.88. The minimum absolute atomic E-state index is 0.123. The van der Waals surface area contributed by atoms with Crippen LogP contribution in [0.3, 0.4) is 0 Å². The SMILES string of the molecule is COC(=O)CCN(CC(C)C)C(=O)/C=C/c1ccc(OCc2csc(C)n2)cc1. The minimum Gasteiger partial charge on any atom is -0.487 e. The van der Waals surface area contributed by atoms with Gasteiger partial charge >= 0.3 is 5.97 Å². The third-order valence-electron chi connectivity index (χ3n) is 4.06. The highest BCUT2D eigenvalue weighted by Crippen LogP contribution is 2.16. The van der Waals surface area contributed by atoms with E-state index in [0.29, 0.717) is 25.6 Å². The molecule has 0 unspecified atom stereocenters. The second kappa shape index (κ2) is 11.4. The van der Waals surface area contributed by atoms with Crippen LogP contribution in [-0.2, 0) is 20.9 Å². The molecule has 1 amide bonds. The van der Waals surface area contributed by atoms with Crippen molar-refractivity contribution >= 4 is 29.3 Å². The van der Waals surface area contributed by atoms with Gasteiger partial charge in [0.25, 0.3) is 0 Å². The summed E-state index contributed by atoms with van der Waals surface area (Å²) in [5.74, 6) is 0.613. The Morgan fingerprint density at radius 2 is 1.97 bits per heavy atom. The maximum Gasteiger partial charge on any atom is 0.307 e. The van der Waals surface area contributed by atoms with Crippen LogP contribution in [0.4, 0.5) is 0 Å². The molecule has 0 N–H and O–H groups in total. The molecule has 1 aromatic carbocycles. The molecule has 0 aliphatic carbocycles. The van der Waals surface area contributed by atoms with Gasteiger partial charge in [0.15, 0.2) is 0 Å². The van der Waals surface area contributed by atoms with E-state index >= 15 is 0 Å². The topological polar surface area (TPSA) is 68.7 Å². The van der Waals surface area contributed by atoms with Gasteiger partial charge in [-0.25, -0.2) is 4.98 Å². The molecule has 2 rings (SSSR count). The van der Waals surface area contributed by atoms with Crippen molar-refractivity contribution in [1.82, 2.24) is 9.88 Å². The van der Waals surface area contributed by atoms with Gasteiger partial charge in [-0.3, -0.25) is 9.59 Å². The summed E-state index contributed by atoms with van der Waals surface area (Å²) in [6.45, 7) is 7.40. The molecule has 0 saturated heterocycles. The number of amides is 1. The lowest BCUT2D eigenvalue weighted by molar-refractivity contribution is -0.141. The van der Waals surface area contributed by atoms with Gasteiger partial charge in [0.05, 0.1) is 24.2 Å². The Morgan fingerprint density at radius 3 is 2.55 bits per heavy atom. The van der Waals surface area contributed by atoms with E-state index in [0.717, 1.165) is 22.0 Å². The van der Waals surface area contributed by atoms with Crippen LogP contribution >= 0.6 is 11.3 Å². The molecule has 0 saturated carbocycles. The Labute approximate surface area is 176 Å². The van der Waals surface area contributed by atoms with E-state index in [-0.39, 0.29) is 18.3 Å². The Hall–Kier alpha value is -2.67. The molecule has 6 nitrogen and oxygen atoms in total. The number of carbonyl (C=O) groups is 2. The molecular weight excluding hydrogens is 388 g/mol. The van der Waals surface area contributed by atoms with E-state index in [1.165, 1.54) is 13.2 Å². The molecule has 0 aliphatic heterocycles. The van der Waals surface area contributed by atoms with Crippen LogP contribution in [-0.4, -0.2) is 42.0 Å². The van der Waals surface area contributed by atoms with Crippen molar-refractivity contribution in [2.24, 2.45) is 5.92 Å². The van der Waals surface area contributed by atoms with Crippen molar-refractivity contribution in [3.63, 3.8) is 0 Å². The van der Waals surface area contributed by atoms with E-state index in [2.05, 4.69) is 9.72 Å². The molecule has 7 heteroatoms. The summed E-state index contributed by atoms with van der Waals surface area (Å²) in [5.41, 5.74) is 1.81. The predicted molar refractivity (Wildman–Crippen MR) is 115 cm³/mol. The first-order chi connectivity index (χ1) is 13.9. The number of nitrogens with zero attached hydrogens (tertiary/aromatic N) is 2. The van der Waals surface area contributed by atoms with Gasteiger partial charge in [-0.2, -0.15) is 0 Å². The molecule has 0 aliphatic rings. The fourth-order valence-electron chi connectivity index (χ4n) is 2.64. The lowest BCUT2D eigenvalue weighted by Gasteiger charge is -2.22. The summed E-state index contributed by atoms with van der Waals surface area (Å²) in [6.07, 6.45) is 3.49. The number of carbonyl (C=O) groups excluding carboxylic acids is 2. The Bertz CT molecular complexity index is 828. The highest BCUT2D eigenvalue weighted by molar-refractivity contribution is 7.09. The van der Waals surface area contributed by atoms with Gasteiger partial charge < -0.3 is 14.4 Å². The Balaban J connectivity index is 1.91. The number of hydrogen-bond donors (Lipinski definition) is 0. The number of aryl methyl sites for hydroxylation is 1. The first-order valence-corrected chi connectivity index (χ1v) is 10.4. The number of ether oxygens (including phenoxy) is 2. The Morgan fingerprint density at radius 1 is 1.24 bits per heavy atom. The zero-order valence-electron chi connectivity index (χ0n) is 17.4. The second-order valence-electron chi connectivity index (χ2n) is 7.05. The standard InChI is InChI=1S/C22H28N2O4S/c1-16(2)13-24(12-11-22(26)27-4)21(25)10-7-18-5-8-20(9-6-18)28-14-19-15-29-17(3)23-19/h5-10,15-16H,11-14H2,1-4H3/b10-7+. The maximum absolute atomic E-state index is 12.5. The van der Waals surface area contributed by atoms with E-state index in [9.17, 15) is 9.59 Å². The number of esters is 1. The first-order valence-electron chi connectivity index (χ1n) is 9.55. The number of methoxy groups -OCH3 is 1. The van der Waals surface area contributed by atoms with Crippen LogP contribution in [0.25, 0.3) is 6.08 Å². The summed E-state index contributed by atoms with van der Waals surface area (Å²) in [5, 5.41) is 3.01. The fourth-order valence-corrected chi connectivity index (χ4v) is 3.24. The zero-order valence-corrected chi connectivity index (χ0v) is 18.2. The van der Waals surface area contributed by atoms with Crippen molar-refractivity contribution in [3.8, 4) is 5.75 Å². The zero-order chi connectivity index (χ0) is 21.2. The van der Waals surface area contributed by atoms with Crippen LogP contribution in [0.1, 0.15) is 36.5 Å². The fraction of sp³-hybridized carbons (Fsp3) is 0.409. The molecule has 0 radical (unpaired) electrons. The van der Waals surface area contributed by atoms with Crippen molar-refractivity contribution in [2.45, 2.75) is 33.8 Å². The number of aromatic nitrogens is 1. The Kier molecular flexibility index (Phi) is 8.86. The normalized spacial score (nSPS) is 11.1. The largest absolute Gasteiger partial charge is 0.487 e. The van der Waals surface area contributed by atoms with E-state index < -0.39 is 0 Å². The van der Waals surface area contributed by atoms with Crippen molar-refractivity contribution in [3.05, 3.63) is 52.0 Å². The second-order valence-corrected chi connectivity index (χ2v) is 8.12. The van der Waals surface area contributed by atoms with E-state index in [1.54, 1.807) is 22.3 Å². The number of rotatable bonds is 10. The highest BCUT2D eigenvalue weighted by Gasteiger charge is 2.14. The summed E-state index contributed by atoms with van der Waals surface area (Å²) < 4.78 is 10.4. The first kappa shape index (κ1) is 22.6. The van der Waals surface area contributed by atoms with Crippen molar-refractivity contribution in [2.75, 3.05) is 20.2 Å². The molecule has 1 aromatic heterocycles. The molecule has 156 valence electrons. The van der Waals surface area contributed by atoms with Crippen molar-refractivity contribution < 1.29 is 19.1 Å². The lowest BCUT2D eigenvalue weighted by Crippen LogP contribution is -2.34. The van der Waals surface area contributed by atoms with Crippen LogP contribution in [0.15, 0.2) is 35.7 Å². The van der Waals surface area contributed by atoms with Gasteiger partial charge in [0.1, 0.15) is 12.4 Å². The summed E-state index contributed by atoms with van der Waals surface area (Å²) in [7, 11) is 1.35. The van der Waals surface area contributed by atoms with Crippen molar-refractivity contribution in [1.29, 1.82) is 0 Å². The molecule has 29 heavy (non-hydrogen) atoms. The summed E-state index contributed by atoms with van der Waals surface area (Å²) >= 11 is 1.60. The predicted octanol–water partition coefficient (Wildman–Crippen LogP) is 4.09. The van der Waals surface area contributed by atoms with Gasteiger partial charge in [0.2, 0.25) is 5.91 Å². The van der Waals surface area contributed by atoms with Crippen LogP contribution in [0, 0.1) is 12.8 Å². The van der Waals surface area contributed by atoms with Gasteiger partial charge in [-0.05, 0) is 36.6 Å². The average Bonchev–Trinajstić information content (AvgIpc) is 3.13. The van der Waals surface area contributed by atoms with Crippen LogP contribution in [0.2, 0.25) is 0 Å². The molecule has 1 heterocycles. The van der Waals surface area contributed by atoms with E-state index in [1.807, 2.05) is 50.4 Å². The highest BCUT2D eigenvalue weighted by atomic mass is 32.1. The number of thiazole rings is 1. The third kappa shape index (κ3) is 8.07. The van der Waals surface area contributed by atoms with Gasteiger partial charge in [-0.15, -0.1) is 11.3 Å². The van der Waals surface area contributed by atoms with Gasteiger partial charge in [-0.1, -0.05) is 26.0 Å². The summed E-state index contributed by atoms with van der Waals surface area (Å²) in [4.78, 5) is 30.0. The number of hydrogen-bond acceptors (Lipinski definition) is 6. The minimum atomic E-state index is -0.320. The molecule has 0 fully saturated rings. The lowest BCUT2D eigenvalue weighted by atomic mass is 10.1. The molecule has 0 atom stereocenters.